The third-order valence-corrected chi connectivity index (χ3v) is 5.15. The lowest BCUT2D eigenvalue weighted by molar-refractivity contribution is -0.141. The molecule has 32 heavy (non-hydrogen) atoms. The highest BCUT2D eigenvalue weighted by Crippen LogP contribution is 2.28. The molecule has 0 aliphatic carbocycles. The number of rotatable bonds is 8. The second kappa shape index (κ2) is 10.6. The van der Waals surface area contributed by atoms with Crippen molar-refractivity contribution < 1.29 is 18.0 Å². The quantitative estimate of drug-likeness (QED) is 0.467. The molecule has 0 spiro atoms. The number of alkyl halides is 3. The Morgan fingerprint density at radius 3 is 2.41 bits per heavy atom. The first kappa shape index (κ1) is 23.7. The summed E-state index contributed by atoms with van der Waals surface area (Å²) in [7, 11) is 1.56. The van der Waals surface area contributed by atoms with Crippen LogP contribution in [0.1, 0.15) is 41.0 Å². The van der Waals surface area contributed by atoms with E-state index in [1.54, 1.807) is 25.2 Å². The summed E-state index contributed by atoms with van der Waals surface area (Å²) in [4.78, 5) is 20.5. The van der Waals surface area contributed by atoms with Gasteiger partial charge < -0.3 is 5.32 Å². The van der Waals surface area contributed by atoms with Crippen LogP contribution in [0.3, 0.4) is 0 Å². The summed E-state index contributed by atoms with van der Waals surface area (Å²) in [6.45, 7) is 0. The number of hydrogen-bond acceptors (Lipinski definition) is 4. The predicted molar refractivity (Wildman–Crippen MR) is 116 cm³/mol. The van der Waals surface area contributed by atoms with Gasteiger partial charge in [0.1, 0.15) is 16.9 Å². The van der Waals surface area contributed by atoms with E-state index >= 15 is 0 Å². The third-order valence-electron chi connectivity index (χ3n) is 4.94. The fourth-order valence-electron chi connectivity index (χ4n) is 3.30. The number of benzene rings is 1. The fourth-order valence-corrected chi connectivity index (χ4v) is 3.47. The molecule has 0 unspecified atom stereocenters. The van der Waals surface area contributed by atoms with Crippen LogP contribution in [0.2, 0.25) is 5.15 Å². The van der Waals surface area contributed by atoms with Crippen LogP contribution in [0.15, 0.2) is 66.9 Å². The van der Waals surface area contributed by atoms with Crippen molar-refractivity contribution in [3.8, 4) is 0 Å². The molecule has 3 aromatic rings. The van der Waals surface area contributed by atoms with E-state index in [1.807, 2.05) is 30.3 Å². The Bertz CT molecular complexity index is 1030. The van der Waals surface area contributed by atoms with E-state index in [0.29, 0.717) is 29.3 Å². The molecule has 0 radical (unpaired) electrons. The fraction of sp³-hybridized carbons (Fsp3) is 0.261. The zero-order valence-corrected chi connectivity index (χ0v) is 18.0. The van der Waals surface area contributed by atoms with Gasteiger partial charge in [-0.05, 0) is 42.2 Å². The summed E-state index contributed by atoms with van der Waals surface area (Å²) in [6.07, 6.45) is -2.38. The SMILES string of the molecule is CNC(=O)[C@H](N[C@@H](CCc1ccc(C(F)(F)F)nc1)c1cccc(Cl)n1)c1ccccc1. The number of halogens is 4. The summed E-state index contributed by atoms with van der Waals surface area (Å²) < 4.78 is 38.3. The molecular weight excluding hydrogens is 441 g/mol. The van der Waals surface area contributed by atoms with Crippen molar-refractivity contribution in [3.63, 3.8) is 0 Å². The predicted octanol–water partition coefficient (Wildman–Crippen LogP) is 4.90. The van der Waals surface area contributed by atoms with Crippen molar-refractivity contribution in [1.29, 1.82) is 0 Å². The van der Waals surface area contributed by atoms with Crippen molar-refractivity contribution in [2.75, 3.05) is 7.05 Å². The zero-order valence-electron chi connectivity index (χ0n) is 17.2. The Labute approximate surface area is 189 Å². The molecular formula is C23H22ClF3N4O. The topological polar surface area (TPSA) is 66.9 Å². The zero-order chi connectivity index (χ0) is 23.1. The number of amides is 1. The number of nitrogens with one attached hydrogen (secondary N) is 2. The molecule has 2 heterocycles. The van der Waals surface area contributed by atoms with Gasteiger partial charge in [-0.3, -0.25) is 15.1 Å². The van der Waals surface area contributed by atoms with Gasteiger partial charge in [0.05, 0.1) is 11.7 Å². The number of nitrogens with zero attached hydrogens (tertiary/aromatic N) is 2. The average Bonchev–Trinajstić information content (AvgIpc) is 2.79. The largest absolute Gasteiger partial charge is 0.433 e. The summed E-state index contributed by atoms with van der Waals surface area (Å²) in [5.74, 6) is -0.223. The van der Waals surface area contributed by atoms with Crippen molar-refractivity contribution >= 4 is 17.5 Å². The first-order valence-electron chi connectivity index (χ1n) is 9.95. The summed E-state index contributed by atoms with van der Waals surface area (Å²) in [6, 6.07) is 15.8. The molecule has 9 heteroatoms. The monoisotopic (exact) mass is 462 g/mol. The van der Waals surface area contributed by atoms with E-state index in [-0.39, 0.29) is 5.91 Å². The minimum absolute atomic E-state index is 0.223. The highest BCUT2D eigenvalue weighted by Gasteiger charge is 2.32. The molecule has 0 fully saturated rings. The summed E-state index contributed by atoms with van der Waals surface area (Å²) in [5.41, 5.74) is 1.11. The molecule has 3 rings (SSSR count). The van der Waals surface area contributed by atoms with Gasteiger partial charge in [0.15, 0.2) is 0 Å². The van der Waals surface area contributed by atoms with Crippen LogP contribution in [-0.4, -0.2) is 22.9 Å². The minimum atomic E-state index is -4.48. The smallest absolute Gasteiger partial charge is 0.358 e. The number of aromatic nitrogens is 2. The molecule has 0 aliphatic heterocycles. The van der Waals surface area contributed by atoms with Crippen molar-refractivity contribution in [1.82, 2.24) is 20.6 Å². The molecule has 0 bridgehead atoms. The molecule has 0 saturated heterocycles. The van der Waals surface area contributed by atoms with E-state index in [0.717, 1.165) is 11.6 Å². The maximum absolute atomic E-state index is 12.8. The first-order valence-corrected chi connectivity index (χ1v) is 10.3. The number of carbonyl (C=O) groups is 1. The Morgan fingerprint density at radius 1 is 1.06 bits per heavy atom. The average molecular weight is 463 g/mol. The Kier molecular flexibility index (Phi) is 7.82. The Balaban J connectivity index is 1.84. The van der Waals surface area contributed by atoms with Gasteiger partial charge in [-0.25, -0.2) is 4.98 Å². The van der Waals surface area contributed by atoms with Gasteiger partial charge in [0, 0.05) is 13.2 Å². The maximum atomic E-state index is 12.8. The number of aryl methyl sites for hydroxylation is 1. The highest BCUT2D eigenvalue weighted by atomic mass is 35.5. The number of carbonyl (C=O) groups excluding carboxylic acids is 1. The lowest BCUT2D eigenvalue weighted by atomic mass is 9.99. The van der Waals surface area contributed by atoms with Gasteiger partial charge in [-0.2, -0.15) is 13.2 Å². The van der Waals surface area contributed by atoms with Crippen molar-refractivity contribution in [2.24, 2.45) is 0 Å². The van der Waals surface area contributed by atoms with Gasteiger partial charge in [-0.1, -0.05) is 54.1 Å². The number of likely N-dealkylation sites (N-methyl/N-ethyl adjacent to an activating group) is 1. The molecule has 2 atom stereocenters. The molecule has 1 aromatic carbocycles. The van der Waals surface area contributed by atoms with Crippen molar-refractivity contribution in [2.45, 2.75) is 31.1 Å². The number of pyridine rings is 2. The standard InChI is InChI=1S/C23H22ClF3N4O/c1-28-22(32)21(16-6-3-2-4-7-16)31-18(17-8-5-9-20(24)30-17)12-10-15-11-13-19(29-14-15)23(25,26)27/h2-9,11,13-14,18,21,31H,10,12H2,1H3,(H,28,32)/t18-,21+/m0/s1. The number of hydrogen-bond donors (Lipinski definition) is 2. The van der Waals surface area contributed by atoms with Crippen LogP contribution >= 0.6 is 11.6 Å². The molecule has 1 amide bonds. The van der Waals surface area contributed by atoms with E-state index in [1.165, 1.54) is 12.3 Å². The molecule has 5 nitrogen and oxygen atoms in total. The summed E-state index contributed by atoms with van der Waals surface area (Å²) >= 11 is 6.07. The van der Waals surface area contributed by atoms with E-state index in [4.69, 9.17) is 11.6 Å². The van der Waals surface area contributed by atoms with Crippen LogP contribution in [-0.2, 0) is 17.4 Å². The van der Waals surface area contributed by atoms with Crippen molar-refractivity contribution in [3.05, 3.63) is 94.5 Å². The van der Waals surface area contributed by atoms with Crippen LogP contribution < -0.4 is 10.6 Å². The van der Waals surface area contributed by atoms with E-state index < -0.39 is 24.0 Å². The summed E-state index contributed by atoms with van der Waals surface area (Å²) in [5, 5.41) is 6.31. The van der Waals surface area contributed by atoms with Gasteiger partial charge in [-0.15, -0.1) is 0 Å². The molecule has 2 N–H and O–H groups in total. The highest BCUT2D eigenvalue weighted by molar-refractivity contribution is 6.29. The molecule has 0 aliphatic rings. The molecule has 0 saturated carbocycles. The lowest BCUT2D eigenvalue weighted by Crippen LogP contribution is -2.38. The van der Waals surface area contributed by atoms with Crippen LogP contribution in [0, 0.1) is 0 Å². The van der Waals surface area contributed by atoms with Gasteiger partial charge in [0.25, 0.3) is 0 Å². The second-order valence-electron chi connectivity index (χ2n) is 7.15. The Morgan fingerprint density at radius 2 is 1.81 bits per heavy atom. The van der Waals surface area contributed by atoms with Crippen LogP contribution in [0.5, 0.6) is 0 Å². The lowest BCUT2D eigenvalue weighted by Gasteiger charge is -2.25. The second-order valence-corrected chi connectivity index (χ2v) is 7.54. The normalized spacial score (nSPS) is 13.4. The van der Waals surface area contributed by atoms with E-state index in [9.17, 15) is 18.0 Å². The third kappa shape index (κ3) is 6.27. The van der Waals surface area contributed by atoms with Gasteiger partial charge in [0.2, 0.25) is 5.91 Å². The maximum Gasteiger partial charge on any atom is 0.433 e. The van der Waals surface area contributed by atoms with Crippen LogP contribution in [0.25, 0.3) is 0 Å². The van der Waals surface area contributed by atoms with Crippen LogP contribution in [0.4, 0.5) is 13.2 Å². The minimum Gasteiger partial charge on any atom is -0.358 e. The Hall–Kier alpha value is -2.97. The van der Waals surface area contributed by atoms with Gasteiger partial charge >= 0.3 is 6.18 Å². The first-order chi connectivity index (χ1) is 15.3. The molecule has 168 valence electrons. The molecule has 2 aromatic heterocycles. The van der Waals surface area contributed by atoms with E-state index in [2.05, 4.69) is 20.6 Å².